The van der Waals surface area contributed by atoms with Crippen molar-refractivity contribution >= 4 is 5.95 Å². The lowest BCUT2D eigenvalue weighted by Gasteiger charge is -2.16. The van der Waals surface area contributed by atoms with Crippen LogP contribution in [0, 0.1) is 18.3 Å². The monoisotopic (exact) mass is 254 g/mol. The molecule has 0 aromatic carbocycles. The molecule has 1 fully saturated rings. The predicted octanol–water partition coefficient (Wildman–Crippen LogP) is 1.30. The fourth-order valence-electron chi connectivity index (χ4n) is 2.32. The minimum Gasteiger partial charge on any atom is -0.339 e. The van der Waals surface area contributed by atoms with Crippen molar-refractivity contribution in [2.24, 2.45) is 0 Å². The Bertz CT molecular complexity index is 626. The summed E-state index contributed by atoms with van der Waals surface area (Å²) in [7, 11) is 0. The minimum atomic E-state index is 0.284. The van der Waals surface area contributed by atoms with Gasteiger partial charge in [0.25, 0.3) is 0 Å². The minimum absolute atomic E-state index is 0.284. The molecule has 0 N–H and O–H groups in total. The Morgan fingerprint density at radius 3 is 3.11 bits per heavy atom. The van der Waals surface area contributed by atoms with Crippen molar-refractivity contribution in [3.05, 3.63) is 35.9 Å². The lowest BCUT2D eigenvalue weighted by molar-refractivity contribution is 0.494. The smallest absolute Gasteiger partial charge is 0.225 e. The Kier molecular flexibility index (Phi) is 2.88. The lowest BCUT2D eigenvalue weighted by atomic mass is 10.3. The number of rotatable bonds is 2. The summed E-state index contributed by atoms with van der Waals surface area (Å²) >= 11 is 0. The van der Waals surface area contributed by atoms with Crippen LogP contribution in [0.4, 0.5) is 5.95 Å². The third kappa shape index (κ3) is 2.27. The summed E-state index contributed by atoms with van der Waals surface area (Å²) in [4.78, 5) is 10.9. The van der Waals surface area contributed by atoms with Crippen LogP contribution in [0.1, 0.15) is 23.7 Å². The molecule has 1 aliphatic rings. The SMILES string of the molecule is Cc1ccnc(N2CCC(n3cc(C#N)cn3)C2)n1. The van der Waals surface area contributed by atoms with Gasteiger partial charge in [-0.2, -0.15) is 10.4 Å². The second-order valence-electron chi connectivity index (χ2n) is 4.71. The van der Waals surface area contributed by atoms with E-state index in [1.165, 1.54) is 0 Å². The molecule has 0 spiro atoms. The van der Waals surface area contributed by atoms with Crippen molar-refractivity contribution in [2.75, 3.05) is 18.0 Å². The highest BCUT2D eigenvalue weighted by molar-refractivity contribution is 5.32. The zero-order valence-corrected chi connectivity index (χ0v) is 10.7. The molecule has 1 aliphatic heterocycles. The maximum atomic E-state index is 8.82. The molecule has 1 unspecified atom stereocenters. The molecule has 1 atom stereocenters. The van der Waals surface area contributed by atoms with Crippen molar-refractivity contribution in [3.63, 3.8) is 0 Å². The molecule has 0 bridgehead atoms. The van der Waals surface area contributed by atoms with Crippen LogP contribution in [-0.2, 0) is 0 Å². The molecule has 0 aliphatic carbocycles. The molecular weight excluding hydrogens is 240 g/mol. The Morgan fingerprint density at radius 1 is 1.47 bits per heavy atom. The number of nitrogens with zero attached hydrogens (tertiary/aromatic N) is 6. The fraction of sp³-hybridized carbons (Fsp3) is 0.385. The van der Waals surface area contributed by atoms with Gasteiger partial charge in [-0.3, -0.25) is 4.68 Å². The van der Waals surface area contributed by atoms with Crippen LogP contribution in [-0.4, -0.2) is 32.8 Å². The molecule has 19 heavy (non-hydrogen) atoms. The highest BCUT2D eigenvalue weighted by atomic mass is 15.3. The number of aromatic nitrogens is 4. The first-order valence-corrected chi connectivity index (χ1v) is 6.25. The third-order valence-corrected chi connectivity index (χ3v) is 3.33. The van der Waals surface area contributed by atoms with E-state index in [9.17, 15) is 0 Å². The van der Waals surface area contributed by atoms with E-state index in [0.717, 1.165) is 31.2 Å². The van der Waals surface area contributed by atoms with E-state index < -0.39 is 0 Å². The zero-order valence-electron chi connectivity index (χ0n) is 10.7. The summed E-state index contributed by atoms with van der Waals surface area (Å²) in [6, 6.07) is 4.28. The van der Waals surface area contributed by atoms with E-state index in [2.05, 4.69) is 26.0 Å². The van der Waals surface area contributed by atoms with Crippen LogP contribution in [0.5, 0.6) is 0 Å². The molecule has 2 aromatic heterocycles. The molecule has 96 valence electrons. The van der Waals surface area contributed by atoms with E-state index in [4.69, 9.17) is 5.26 Å². The van der Waals surface area contributed by atoms with Crippen molar-refractivity contribution in [1.29, 1.82) is 5.26 Å². The van der Waals surface area contributed by atoms with E-state index in [0.29, 0.717) is 5.56 Å². The number of aryl methyl sites for hydroxylation is 1. The van der Waals surface area contributed by atoms with Crippen molar-refractivity contribution in [1.82, 2.24) is 19.7 Å². The fourth-order valence-corrected chi connectivity index (χ4v) is 2.32. The maximum absolute atomic E-state index is 8.82. The van der Waals surface area contributed by atoms with Crippen molar-refractivity contribution < 1.29 is 0 Å². The van der Waals surface area contributed by atoms with Crippen LogP contribution in [0.2, 0.25) is 0 Å². The normalized spacial score (nSPS) is 18.5. The highest BCUT2D eigenvalue weighted by Crippen LogP contribution is 2.24. The molecule has 6 nitrogen and oxygen atoms in total. The van der Waals surface area contributed by atoms with Gasteiger partial charge in [0.05, 0.1) is 17.8 Å². The Hall–Kier alpha value is -2.42. The number of nitriles is 1. The predicted molar refractivity (Wildman–Crippen MR) is 69.6 cm³/mol. The molecular formula is C13H14N6. The van der Waals surface area contributed by atoms with Crippen LogP contribution in [0.3, 0.4) is 0 Å². The van der Waals surface area contributed by atoms with Gasteiger partial charge >= 0.3 is 0 Å². The summed E-state index contributed by atoms with van der Waals surface area (Å²) in [5.41, 5.74) is 1.57. The van der Waals surface area contributed by atoms with Gasteiger partial charge in [0, 0.05) is 31.2 Å². The van der Waals surface area contributed by atoms with E-state index in [1.54, 1.807) is 18.6 Å². The largest absolute Gasteiger partial charge is 0.339 e. The second-order valence-corrected chi connectivity index (χ2v) is 4.71. The van der Waals surface area contributed by atoms with E-state index in [-0.39, 0.29) is 6.04 Å². The van der Waals surface area contributed by atoms with Gasteiger partial charge in [0.15, 0.2) is 0 Å². The van der Waals surface area contributed by atoms with Gasteiger partial charge in [-0.05, 0) is 19.4 Å². The summed E-state index contributed by atoms with van der Waals surface area (Å²) in [6.07, 6.45) is 6.17. The van der Waals surface area contributed by atoms with Crippen molar-refractivity contribution in [3.8, 4) is 6.07 Å². The summed E-state index contributed by atoms with van der Waals surface area (Å²) in [5, 5.41) is 13.1. The first-order chi connectivity index (χ1) is 9.26. The van der Waals surface area contributed by atoms with Crippen LogP contribution >= 0.6 is 0 Å². The highest BCUT2D eigenvalue weighted by Gasteiger charge is 2.26. The molecule has 1 saturated heterocycles. The standard InChI is InChI=1S/C13H14N6/c1-10-2-4-15-13(17-10)18-5-3-12(9-18)19-8-11(6-14)7-16-19/h2,4,7-8,12H,3,5,9H2,1H3. The van der Waals surface area contributed by atoms with Crippen LogP contribution < -0.4 is 4.90 Å². The average molecular weight is 254 g/mol. The topological polar surface area (TPSA) is 70.6 Å². The molecule has 3 heterocycles. The molecule has 0 saturated carbocycles. The number of hydrogen-bond acceptors (Lipinski definition) is 5. The number of hydrogen-bond donors (Lipinski definition) is 0. The quantitative estimate of drug-likeness (QED) is 0.808. The van der Waals surface area contributed by atoms with Crippen molar-refractivity contribution in [2.45, 2.75) is 19.4 Å². The van der Waals surface area contributed by atoms with Gasteiger partial charge in [0.2, 0.25) is 5.95 Å². The van der Waals surface area contributed by atoms with Crippen LogP contribution in [0.15, 0.2) is 24.7 Å². The molecule has 3 rings (SSSR count). The average Bonchev–Trinajstić information content (AvgIpc) is 3.07. The van der Waals surface area contributed by atoms with Gasteiger partial charge in [-0.1, -0.05) is 0 Å². The van der Waals surface area contributed by atoms with Crippen LogP contribution in [0.25, 0.3) is 0 Å². The molecule has 6 heteroatoms. The second kappa shape index (κ2) is 4.69. The Balaban J connectivity index is 1.75. The Labute approximate surface area is 111 Å². The van der Waals surface area contributed by atoms with Gasteiger partial charge < -0.3 is 4.90 Å². The van der Waals surface area contributed by atoms with E-state index >= 15 is 0 Å². The van der Waals surface area contributed by atoms with Gasteiger partial charge in [-0.15, -0.1) is 0 Å². The van der Waals surface area contributed by atoms with Gasteiger partial charge in [-0.25, -0.2) is 9.97 Å². The summed E-state index contributed by atoms with van der Waals surface area (Å²) in [5.74, 6) is 0.773. The molecule has 0 amide bonds. The summed E-state index contributed by atoms with van der Waals surface area (Å²) < 4.78 is 1.87. The molecule has 0 radical (unpaired) electrons. The lowest BCUT2D eigenvalue weighted by Crippen LogP contribution is -2.23. The molecule has 2 aromatic rings. The third-order valence-electron chi connectivity index (χ3n) is 3.33. The maximum Gasteiger partial charge on any atom is 0.225 e. The van der Waals surface area contributed by atoms with Gasteiger partial charge in [0.1, 0.15) is 6.07 Å². The number of anilines is 1. The van der Waals surface area contributed by atoms with E-state index in [1.807, 2.05) is 17.7 Å². The summed E-state index contributed by atoms with van der Waals surface area (Å²) in [6.45, 7) is 3.71. The zero-order chi connectivity index (χ0) is 13.2. The Morgan fingerprint density at radius 2 is 2.37 bits per heavy atom. The first-order valence-electron chi connectivity index (χ1n) is 6.25. The first kappa shape index (κ1) is 11.7.